The van der Waals surface area contributed by atoms with E-state index in [4.69, 9.17) is 5.73 Å². The minimum atomic E-state index is -3.51. The van der Waals surface area contributed by atoms with E-state index in [0.29, 0.717) is 22.6 Å². The van der Waals surface area contributed by atoms with Crippen LogP contribution in [0, 0.1) is 5.82 Å². The van der Waals surface area contributed by atoms with Crippen molar-refractivity contribution in [2.45, 2.75) is 19.8 Å². The Morgan fingerprint density at radius 1 is 1.17 bits per heavy atom. The molecule has 1 aromatic carbocycles. The SMILES string of the molecule is CC(C)c1nc(N(C)S(C)(=O)=O)nc(-c2ccc(F)cc2)c1N. The summed E-state index contributed by atoms with van der Waals surface area (Å²) < 4.78 is 37.6. The molecule has 0 fully saturated rings. The van der Waals surface area contributed by atoms with Gasteiger partial charge in [-0.15, -0.1) is 0 Å². The van der Waals surface area contributed by atoms with Crippen LogP contribution < -0.4 is 10.0 Å². The minimum absolute atomic E-state index is 0.0242. The highest BCUT2D eigenvalue weighted by atomic mass is 32.2. The van der Waals surface area contributed by atoms with Crippen LogP contribution in [0.2, 0.25) is 0 Å². The molecule has 0 atom stereocenters. The van der Waals surface area contributed by atoms with E-state index in [1.807, 2.05) is 13.8 Å². The van der Waals surface area contributed by atoms with E-state index in [-0.39, 0.29) is 17.7 Å². The highest BCUT2D eigenvalue weighted by Gasteiger charge is 2.21. The molecule has 0 unspecified atom stereocenters. The summed E-state index contributed by atoms with van der Waals surface area (Å²) in [5, 5.41) is 0. The minimum Gasteiger partial charge on any atom is -0.395 e. The monoisotopic (exact) mass is 338 g/mol. The van der Waals surface area contributed by atoms with Gasteiger partial charge in [0.1, 0.15) is 5.82 Å². The van der Waals surface area contributed by atoms with Crippen LogP contribution in [-0.2, 0) is 10.0 Å². The van der Waals surface area contributed by atoms with Crippen molar-refractivity contribution in [3.63, 3.8) is 0 Å². The smallest absolute Gasteiger partial charge is 0.239 e. The highest BCUT2D eigenvalue weighted by molar-refractivity contribution is 7.92. The van der Waals surface area contributed by atoms with Crippen LogP contribution in [-0.4, -0.2) is 31.7 Å². The molecule has 1 aromatic heterocycles. The van der Waals surface area contributed by atoms with Crippen LogP contribution in [0.4, 0.5) is 16.0 Å². The van der Waals surface area contributed by atoms with Crippen molar-refractivity contribution in [2.24, 2.45) is 0 Å². The van der Waals surface area contributed by atoms with Gasteiger partial charge in [-0.25, -0.2) is 27.1 Å². The molecule has 0 radical (unpaired) electrons. The first-order valence-electron chi connectivity index (χ1n) is 6.98. The second-order valence-electron chi connectivity index (χ2n) is 5.56. The molecular weight excluding hydrogens is 319 g/mol. The van der Waals surface area contributed by atoms with Gasteiger partial charge in [0, 0.05) is 12.6 Å². The average molecular weight is 338 g/mol. The number of sulfonamides is 1. The third-order valence-electron chi connectivity index (χ3n) is 3.41. The quantitative estimate of drug-likeness (QED) is 0.924. The number of rotatable bonds is 4. The van der Waals surface area contributed by atoms with Gasteiger partial charge in [0.25, 0.3) is 0 Å². The number of nitrogens with zero attached hydrogens (tertiary/aromatic N) is 3. The third kappa shape index (κ3) is 3.58. The third-order valence-corrected chi connectivity index (χ3v) is 4.57. The highest BCUT2D eigenvalue weighted by Crippen LogP contribution is 2.32. The van der Waals surface area contributed by atoms with E-state index < -0.39 is 10.0 Å². The number of anilines is 2. The van der Waals surface area contributed by atoms with Gasteiger partial charge in [-0.1, -0.05) is 13.8 Å². The number of aromatic nitrogens is 2. The van der Waals surface area contributed by atoms with Crippen LogP contribution in [0.25, 0.3) is 11.3 Å². The summed E-state index contributed by atoms with van der Waals surface area (Å²) in [6, 6.07) is 5.68. The Kier molecular flexibility index (Phi) is 4.56. The van der Waals surface area contributed by atoms with Crippen molar-refractivity contribution in [1.82, 2.24) is 9.97 Å². The molecule has 0 spiro atoms. The zero-order valence-corrected chi connectivity index (χ0v) is 14.2. The fourth-order valence-corrected chi connectivity index (χ4v) is 2.41. The Bertz CT molecular complexity index is 820. The van der Waals surface area contributed by atoms with Crippen LogP contribution >= 0.6 is 0 Å². The molecule has 6 nitrogen and oxygen atoms in total. The van der Waals surface area contributed by atoms with E-state index in [0.717, 1.165) is 10.6 Å². The summed E-state index contributed by atoms with van der Waals surface area (Å²) in [7, 11) is -2.13. The number of nitrogen functional groups attached to an aromatic ring is 1. The fraction of sp³-hybridized carbons (Fsp3) is 0.333. The summed E-state index contributed by atoms with van der Waals surface area (Å²) in [4.78, 5) is 8.55. The standard InChI is InChI=1S/C15H19FN4O2S/c1-9(2)13-12(17)14(10-5-7-11(16)8-6-10)19-15(18-13)20(3)23(4,21)22/h5-9H,17H2,1-4H3. The van der Waals surface area contributed by atoms with E-state index in [1.54, 1.807) is 12.1 Å². The second kappa shape index (κ2) is 6.11. The van der Waals surface area contributed by atoms with Crippen LogP contribution in [0.3, 0.4) is 0 Å². The predicted octanol–water partition coefficient (Wildman–Crippen LogP) is 2.38. The van der Waals surface area contributed by atoms with Gasteiger partial charge in [-0.05, 0) is 30.2 Å². The lowest BCUT2D eigenvalue weighted by Gasteiger charge is -2.19. The lowest BCUT2D eigenvalue weighted by atomic mass is 10.0. The molecule has 124 valence electrons. The maximum atomic E-state index is 13.1. The number of hydrogen-bond acceptors (Lipinski definition) is 5. The van der Waals surface area contributed by atoms with Crippen molar-refractivity contribution in [2.75, 3.05) is 23.3 Å². The largest absolute Gasteiger partial charge is 0.395 e. The fourth-order valence-electron chi connectivity index (χ4n) is 2.03. The maximum absolute atomic E-state index is 13.1. The molecule has 0 bridgehead atoms. The van der Waals surface area contributed by atoms with E-state index in [9.17, 15) is 12.8 Å². The van der Waals surface area contributed by atoms with E-state index >= 15 is 0 Å². The van der Waals surface area contributed by atoms with Crippen molar-refractivity contribution in [3.05, 3.63) is 35.8 Å². The van der Waals surface area contributed by atoms with Crippen molar-refractivity contribution < 1.29 is 12.8 Å². The maximum Gasteiger partial charge on any atom is 0.239 e. The first kappa shape index (κ1) is 17.1. The van der Waals surface area contributed by atoms with Crippen molar-refractivity contribution in [1.29, 1.82) is 0 Å². The zero-order chi connectivity index (χ0) is 17.4. The Labute approximate surface area is 135 Å². The molecule has 0 amide bonds. The summed E-state index contributed by atoms with van der Waals surface area (Å²) >= 11 is 0. The predicted molar refractivity (Wildman–Crippen MR) is 89.2 cm³/mol. The van der Waals surface area contributed by atoms with Gasteiger partial charge >= 0.3 is 0 Å². The lowest BCUT2D eigenvalue weighted by Crippen LogP contribution is -2.27. The molecule has 0 aliphatic carbocycles. The molecule has 0 aliphatic heterocycles. The van der Waals surface area contributed by atoms with Gasteiger partial charge < -0.3 is 5.73 Å². The normalized spacial score (nSPS) is 11.7. The summed E-state index contributed by atoms with van der Waals surface area (Å²) in [6.07, 6.45) is 1.07. The van der Waals surface area contributed by atoms with Gasteiger partial charge in [0.2, 0.25) is 16.0 Å². The van der Waals surface area contributed by atoms with Crippen molar-refractivity contribution >= 4 is 21.7 Å². The van der Waals surface area contributed by atoms with Crippen LogP contribution in [0.1, 0.15) is 25.5 Å². The van der Waals surface area contributed by atoms with Gasteiger partial charge in [0.05, 0.1) is 23.3 Å². The summed E-state index contributed by atoms with van der Waals surface area (Å²) in [5.74, 6) is -0.368. The molecule has 2 N–H and O–H groups in total. The topological polar surface area (TPSA) is 89.2 Å². The van der Waals surface area contributed by atoms with Gasteiger partial charge in [-0.2, -0.15) is 0 Å². The Hall–Kier alpha value is -2.22. The number of nitrogens with two attached hydrogens (primary N) is 1. The molecule has 2 aromatic rings. The van der Waals surface area contributed by atoms with E-state index in [2.05, 4.69) is 9.97 Å². The molecule has 0 saturated carbocycles. The Morgan fingerprint density at radius 3 is 2.22 bits per heavy atom. The average Bonchev–Trinajstić information content (AvgIpc) is 2.46. The Balaban J connectivity index is 2.70. The zero-order valence-electron chi connectivity index (χ0n) is 13.4. The lowest BCUT2D eigenvalue weighted by molar-refractivity contribution is 0.599. The molecule has 8 heteroatoms. The van der Waals surface area contributed by atoms with Gasteiger partial charge in [-0.3, -0.25) is 0 Å². The number of benzene rings is 1. The Morgan fingerprint density at radius 2 is 1.74 bits per heavy atom. The summed E-state index contributed by atoms with van der Waals surface area (Å²) in [5.41, 5.74) is 8.03. The first-order chi connectivity index (χ1) is 10.6. The number of halogens is 1. The molecule has 0 aliphatic rings. The first-order valence-corrected chi connectivity index (χ1v) is 8.83. The molecule has 2 rings (SSSR count). The molecule has 23 heavy (non-hydrogen) atoms. The second-order valence-corrected chi connectivity index (χ2v) is 7.58. The molecule has 1 heterocycles. The van der Waals surface area contributed by atoms with Crippen LogP contribution in [0.5, 0.6) is 0 Å². The molecule has 0 saturated heterocycles. The number of hydrogen-bond donors (Lipinski definition) is 1. The molecular formula is C15H19FN4O2S. The van der Waals surface area contributed by atoms with Gasteiger partial charge in [0.15, 0.2) is 0 Å². The summed E-state index contributed by atoms with van der Waals surface area (Å²) in [6.45, 7) is 3.80. The van der Waals surface area contributed by atoms with Crippen molar-refractivity contribution in [3.8, 4) is 11.3 Å². The van der Waals surface area contributed by atoms with E-state index in [1.165, 1.54) is 19.2 Å². The van der Waals surface area contributed by atoms with Crippen LogP contribution in [0.15, 0.2) is 24.3 Å².